The molecule has 0 N–H and O–H groups in total. The summed E-state index contributed by atoms with van der Waals surface area (Å²) in [4.78, 5) is 0.207. The smallest absolute Gasteiger partial charge is 0.271 e. The van der Waals surface area contributed by atoms with E-state index in [1.807, 2.05) is 73.7 Å². The van der Waals surface area contributed by atoms with Gasteiger partial charge in [0.25, 0.3) is 10.0 Å². The fourth-order valence-corrected chi connectivity index (χ4v) is 4.66. The minimum Gasteiger partial charge on any atom is -0.495 e. The Morgan fingerprint density at radius 3 is 2.25 bits per heavy atom. The summed E-state index contributed by atoms with van der Waals surface area (Å²) in [6.45, 7) is 2.06. The van der Waals surface area contributed by atoms with Crippen LogP contribution in [0.25, 0.3) is 10.8 Å². The maximum absolute atomic E-state index is 13.5. The van der Waals surface area contributed by atoms with Crippen molar-refractivity contribution in [2.45, 2.75) is 18.4 Å². The SMILES string of the molecule is COc1ccc2ccccc2c1C#CN(Cc1ccccc1)S(=O)(=O)c1ccc(C)cc1. The lowest BCUT2D eigenvalue weighted by atomic mass is 10.0. The summed E-state index contributed by atoms with van der Waals surface area (Å²) in [5.41, 5.74) is 2.50. The molecule has 5 heteroatoms. The second kappa shape index (κ2) is 9.17. The highest BCUT2D eigenvalue weighted by molar-refractivity contribution is 7.89. The molecule has 0 unspecified atom stereocenters. The number of fused-ring (bicyclic) bond motifs is 1. The Morgan fingerprint density at radius 2 is 1.53 bits per heavy atom. The summed E-state index contributed by atoms with van der Waals surface area (Å²) >= 11 is 0. The predicted molar refractivity (Wildman–Crippen MR) is 128 cm³/mol. The third-order valence-corrected chi connectivity index (χ3v) is 6.86. The maximum atomic E-state index is 13.5. The molecular formula is C27H23NO3S. The van der Waals surface area contributed by atoms with Crippen LogP contribution in [0.1, 0.15) is 16.7 Å². The van der Waals surface area contributed by atoms with E-state index in [0.29, 0.717) is 11.3 Å². The lowest BCUT2D eigenvalue weighted by Gasteiger charge is -2.18. The molecule has 0 atom stereocenters. The van der Waals surface area contributed by atoms with Crippen molar-refractivity contribution >= 4 is 20.8 Å². The number of nitrogens with zero attached hydrogens (tertiary/aromatic N) is 1. The van der Waals surface area contributed by atoms with Crippen LogP contribution in [0.5, 0.6) is 5.75 Å². The summed E-state index contributed by atoms with van der Waals surface area (Å²) in [7, 11) is -2.26. The summed E-state index contributed by atoms with van der Waals surface area (Å²) < 4.78 is 33.7. The monoisotopic (exact) mass is 441 g/mol. The molecule has 4 nitrogen and oxygen atoms in total. The first-order chi connectivity index (χ1) is 15.5. The van der Waals surface area contributed by atoms with Crippen LogP contribution in [-0.4, -0.2) is 19.8 Å². The topological polar surface area (TPSA) is 46.6 Å². The van der Waals surface area contributed by atoms with Crippen molar-refractivity contribution < 1.29 is 13.2 Å². The molecule has 160 valence electrons. The molecule has 0 fully saturated rings. The molecule has 0 spiro atoms. The van der Waals surface area contributed by atoms with Gasteiger partial charge in [0.2, 0.25) is 0 Å². The Balaban J connectivity index is 1.84. The van der Waals surface area contributed by atoms with Crippen LogP contribution in [0.3, 0.4) is 0 Å². The van der Waals surface area contributed by atoms with Crippen molar-refractivity contribution in [3.05, 3.63) is 108 Å². The predicted octanol–water partition coefficient (Wildman–Crippen LogP) is 5.36. The summed E-state index contributed by atoms with van der Waals surface area (Å²) in [6, 6.07) is 30.8. The molecule has 0 heterocycles. The van der Waals surface area contributed by atoms with E-state index in [1.54, 1.807) is 31.4 Å². The molecule has 0 aromatic heterocycles. The van der Waals surface area contributed by atoms with Gasteiger partial charge in [-0.15, -0.1) is 0 Å². The number of ether oxygens (including phenoxy) is 1. The van der Waals surface area contributed by atoms with Gasteiger partial charge in [-0.1, -0.05) is 78.4 Å². The minimum atomic E-state index is -3.84. The average molecular weight is 442 g/mol. The Bertz CT molecular complexity index is 1400. The Kier molecular flexibility index (Phi) is 6.16. The van der Waals surface area contributed by atoms with Crippen LogP contribution >= 0.6 is 0 Å². The number of hydrogen-bond donors (Lipinski definition) is 0. The number of rotatable bonds is 5. The van der Waals surface area contributed by atoms with Crippen molar-refractivity contribution in [2.75, 3.05) is 7.11 Å². The molecular weight excluding hydrogens is 418 g/mol. The van der Waals surface area contributed by atoms with Crippen LogP contribution in [0.15, 0.2) is 95.9 Å². The van der Waals surface area contributed by atoms with Crippen LogP contribution in [0.4, 0.5) is 0 Å². The van der Waals surface area contributed by atoms with E-state index in [-0.39, 0.29) is 11.4 Å². The number of hydrogen-bond acceptors (Lipinski definition) is 3. The lowest BCUT2D eigenvalue weighted by Crippen LogP contribution is -2.26. The van der Waals surface area contributed by atoms with E-state index in [4.69, 9.17) is 4.74 Å². The van der Waals surface area contributed by atoms with E-state index in [0.717, 1.165) is 21.9 Å². The summed E-state index contributed by atoms with van der Waals surface area (Å²) in [5, 5.41) is 1.92. The molecule has 0 aliphatic heterocycles. The average Bonchev–Trinajstić information content (AvgIpc) is 2.82. The van der Waals surface area contributed by atoms with Gasteiger partial charge in [-0.3, -0.25) is 0 Å². The van der Waals surface area contributed by atoms with Crippen molar-refractivity contribution in [1.29, 1.82) is 0 Å². The van der Waals surface area contributed by atoms with Gasteiger partial charge in [0.15, 0.2) is 0 Å². The molecule has 0 amide bonds. The highest BCUT2D eigenvalue weighted by atomic mass is 32.2. The van der Waals surface area contributed by atoms with Gasteiger partial charge < -0.3 is 4.74 Å². The van der Waals surface area contributed by atoms with Gasteiger partial charge in [0.1, 0.15) is 5.75 Å². The van der Waals surface area contributed by atoms with Crippen LogP contribution in [-0.2, 0) is 16.6 Å². The zero-order chi connectivity index (χ0) is 22.6. The highest BCUT2D eigenvalue weighted by Crippen LogP contribution is 2.27. The van der Waals surface area contributed by atoms with Crippen molar-refractivity contribution in [1.82, 2.24) is 4.31 Å². The molecule has 0 aliphatic rings. The van der Waals surface area contributed by atoms with Gasteiger partial charge >= 0.3 is 0 Å². The van der Waals surface area contributed by atoms with Crippen molar-refractivity contribution in [2.24, 2.45) is 0 Å². The molecule has 0 aliphatic carbocycles. The van der Waals surface area contributed by atoms with Crippen LogP contribution in [0.2, 0.25) is 0 Å². The molecule has 4 rings (SSSR count). The molecule has 0 saturated heterocycles. The summed E-state index contributed by atoms with van der Waals surface area (Å²) in [6.07, 6.45) is 0. The fourth-order valence-electron chi connectivity index (χ4n) is 3.44. The molecule has 0 saturated carbocycles. The summed E-state index contributed by atoms with van der Waals surface area (Å²) in [5.74, 6) is 3.69. The minimum absolute atomic E-state index is 0.136. The standard InChI is InChI=1S/C27H23NO3S/c1-21-12-15-24(16-13-21)32(29,30)28(20-22-8-4-3-5-9-22)19-18-26-25-11-7-6-10-23(25)14-17-27(26)31-2/h3-17H,20H2,1-2H3. The maximum Gasteiger partial charge on any atom is 0.271 e. The number of benzene rings is 4. The van der Waals surface area contributed by atoms with Gasteiger partial charge in [-0.05, 0) is 42.0 Å². The normalized spacial score (nSPS) is 10.9. The van der Waals surface area contributed by atoms with Gasteiger partial charge in [0, 0.05) is 11.4 Å². The van der Waals surface area contributed by atoms with E-state index < -0.39 is 10.0 Å². The second-order valence-electron chi connectivity index (χ2n) is 7.41. The van der Waals surface area contributed by atoms with Gasteiger partial charge in [0.05, 0.1) is 24.1 Å². The molecule has 0 bridgehead atoms. The number of aryl methyl sites for hydroxylation is 1. The number of sulfonamides is 1. The molecule has 4 aromatic rings. The van der Waals surface area contributed by atoms with Gasteiger partial charge in [-0.25, -0.2) is 12.7 Å². The van der Waals surface area contributed by atoms with E-state index >= 15 is 0 Å². The van der Waals surface area contributed by atoms with Crippen molar-refractivity contribution in [3.8, 4) is 17.7 Å². The quantitative estimate of drug-likeness (QED) is 0.310. The van der Waals surface area contributed by atoms with Crippen LogP contribution < -0.4 is 4.74 Å². The third kappa shape index (κ3) is 4.46. The fraction of sp³-hybridized carbons (Fsp3) is 0.111. The Morgan fingerprint density at radius 1 is 0.844 bits per heavy atom. The zero-order valence-electron chi connectivity index (χ0n) is 17.9. The molecule has 0 radical (unpaired) electrons. The Labute approximate surface area is 189 Å². The molecule has 32 heavy (non-hydrogen) atoms. The first kappa shape index (κ1) is 21.5. The second-order valence-corrected chi connectivity index (χ2v) is 9.27. The number of methoxy groups -OCH3 is 1. The van der Waals surface area contributed by atoms with E-state index in [2.05, 4.69) is 12.0 Å². The largest absolute Gasteiger partial charge is 0.495 e. The first-order valence-corrected chi connectivity index (χ1v) is 11.6. The van der Waals surface area contributed by atoms with E-state index in [1.165, 1.54) is 4.31 Å². The first-order valence-electron chi connectivity index (χ1n) is 10.2. The van der Waals surface area contributed by atoms with E-state index in [9.17, 15) is 8.42 Å². The van der Waals surface area contributed by atoms with Gasteiger partial charge in [-0.2, -0.15) is 0 Å². The van der Waals surface area contributed by atoms with Crippen molar-refractivity contribution in [3.63, 3.8) is 0 Å². The highest BCUT2D eigenvalue weighted by Gasteiger charge is 2.22. The molecule has 4 aromatic carbocycles. The van der Waals surface area contributed by atoms with Crippen LogP contribution in [0, 0.1) is 18.9 Å². The Hall–Kier alpha value is -3.75. The zero-order valence-corrected chi connectivity index (χ0v) is 18.8. The lowest BCUT2D eigenvalue weighted by molar-refractivity contribution is 0.414. The third-order valence-electron chi connectivity index (χ3n) is 5.19.